The Labute approximate surface area is 199 Å². The van der Waals surface area contributed by atoms with Crippen molar-refractivity contribution in [1.29, 1.82) is 0 Å². The molecule has 0 bridgehead atoms. The van der Waals surface area contributed by atoms with Crippen LogP contribution in [0.1, 0.15) is 31.7 Å². The van der Waals surface area contributed by atoms with Gasteiger partial charge >= 0.3 is 0 Å². The summed E-state index contributed by atoms with van der Waals surface area (Å²) >= 11 is 0. The molecule has 2 aliphatic heterocycles. The molecule has 0 spiro atoms. The number of ether oxygens (including phenoxy) is 1. The van der Waals surface area contributed by atoms with E-state index in [2.05, 4.69) is 74.8 Å². The summed E-state index contributed by atoms with van der Waals surface area (Å²) < 4.78 is 5.55. The van der Waals surface area contributed by atoms with E-state index in [9.17, 15) is 0 Å². The van der Waals surface area contributed by atoms with Gasteiger partial charge < -0.3 is 20.3 Å². The van der Waals surface area contributed by atoms with Crippen LogP contribution in [0.2, 0.25) is 0 Å². The third-order valence-corrected chi connectivity index (χ3v) is 7.08. The molecule has 0 aromatic heterocycles. The lowest BCUT2D eigenvalue weighted by Crippen LogP contribution is -2.51. The molecule has 178 valence electrons. The van der Waals surface area contributed by atoms with Gasteiger partial charge in [-0.15, -0.1) is 0 Å². The number of methoxy groups -OCH3 is 1. The predicted octanol–water partition coefficient (Wildman–Crippen LogP) is 3.74. The molecule has 2 heterocycles. The Morgan fingerprint density at radius 2 is 1.85 bits per heavy atom. The smallest absolute Gasteiger partial charge is 0.191 e. The van der Waals surface area contributed by atoms with Crippen molar-refractivity contribution in [3.05, 3.63) is 60.2 Å². The van der Waals surface area contributed by atoms with Crippen molar-refractivity contribution >= 4 is 11.6 Å². The lowest BCUT2D eigenvalue weighted by Gasteiger charge is -2.38. The average molecular weight is 450 g/mol. The van der Waals surface area contributed by atoms with Gasteiger partial charge in [0, 0.05) is 51.9 Å². The maximum absolute atomic E-state index is 5.55. The van der Waals surface area contributed by atoms with E-state index in [4.69, 9.17) is 4.74 Å². The predicted molar refractivity (Wildman–Crippen MR) is 137 cm³/mol. The third kappa shape index (κ3) is 6.20. The van der Waals surface area contributed by atoms with Gasteiger partial charge in [-0.1, -0.05) is 42.5 Å². The molecule has 2 aromatic rings. The maximum Gasteiger partial charge on any atom is 0.191 e. The van der Waals surface area contributed by atoms with E-state index in [0.717, 1.165) is 57.3 Å². The first kappa shape index (κ1) is 23.4. The zero-order chi connectivity index (χ0) is 23.0. The lowest BCUT2D eigenvalue weighted by atomic mass is 9.97. The quantitative estimate of drug-likeness (QED) is 0.498. The highest BCUT2D eigenvalue weighted by molar-refractivity contribution is 5.80. The molecule has 2 saturated heterocycles. The summed E-state index contributed by atoms with van der Waals surface area (Å²) in [5.41, 5.74) is 2.59. The number of nitrogens with zero attached hydrogens (tertiary/aromatic N) is 3. The van der Waals surface area contributed by atoms with E-state index >= 15 is 0 Å². The topological polar surface area (TPSA) is 52.1 Å². The molecule has 2 aromatic carbocycles. The van der Waals surface area contributed by atoms with Crippen LogP contribution in [-0.2, 0) is 6.54 Å². The van der Waals surface area contributed by atoms with Crippen LogP contribution in [0.15, 0.2) is 59.6 Å². The number of anilines is 1. The van der Waals surface area contributed by atoms with E-state index in [-0.39, 0.29) is 0 Å². The van der Waals surface area contributed by atoms with Gasteiger partial charge in [0.2, 0.25) is 0 Å². The Balaban J connectivity index is 1.22. The van der Waals surface area contributed by atoms with Crippen LogP contribution in [0.5, 0.6) is 5.75 Å². The van der Waals surface area contributed by atoms with Crippen molar-refractivity contribution in [2.75, 3.05) is 45.2 Å². The third-order valence-electron chi connectivity index (χ3n) is 7.08. The van der Waals surface area contributed by atoms with Crippen LogP contribution in [0.4, 0.5) is 5.69 Å². The summed E-state index contributed by atoms with van der Waals surface area (Å²) in [7, 11) is 3.62. The largest absolute Gasteiger partial charge is 0.495 e. The molecule has 0 amide bonds. The number of piperidine rings is 1. The minimum atomic E-state index is 0.465. The van der Waals surface area contributed by atoms with Gasteiger partial charge in [-0.2, -0.15) is 0 Å². The number of likely N-dealkylation sites (tertiary alicyclic amines) is 1. The van der Waals surface area contributed by atoms with Crippen molar-refractivity contribution in [1.82, 2.24) is 15.5 Å². The van der Waals surface area contributed by atoms with Crippen LogP contribution in [0, 0.1) is 5.92 Å². The molecule has 2 N–H and O–H groups in total. The van der Waals surface area contributed by atoms with E-state index in [0.29, 0.717) is 18.0 Å². The van der Waals surface area contributed by atoms with E-state index in [1.165, 1.54) is 17.7 Å². The van der Waals surface area contributed by atoms with E-state index in [1.54, 1.807) is 7.11 Å². The van der Waals surface area contributed by atoms with Gasteiger partial charge in [-0.25, -0.2) is 0 Å². The number of nitrogens with one attached hydrogen (secondary N) is 2. The maximum atomic E-state index is 5.55. The normalized spacial score (nSPS) is 24.0. The molecule has 0 aliphatic carbocycles. The molecule has 3 atom stereocenters. The Morgan fingerprint density at radius 3 is 2.61 bits per heavy atom. The Hall–Kier alpha value is -2.73. The number of benzene rings is 2. The van der Waals surface area contributed by atoms with Crippen molar-refractivity contribution in [2.24, 2.45) is 10.9 Å². The second-order valence-corrected chi connectivity index (χ2v) is 9.40. The summed E-state index contributed by atoms with van der Waals surface area (Å²) in [5, 5.41) is 7.28. The van der Waals surface area contributed by atoms with Gasteiger partial charge in [-0.3, -0.25) is 9.89 Å². The van der Waals surface area contributed by atoms with Gasteiger partial charge in [0.15, 0.2) is 5.96 Å². The molecule has 33 heavy (non-hydrogen) atoms. The summed E-state index contributed by atoms with van der Waals surface area (Å²) in [6.45, 7) is 7.54. The molecule has 2 aliphatic rings. The lowest BCUT2D eigenvalue weighted by molar-refractivity contribution is 0.134. The number of rotatable bonds is 7. The molecule has 2 fully saturated rings. The van der Waals surface area contributed by atoms with Crippen LogP contribution < -0.4 is 20.3 Å². The van der Waals surface area contributed by atoms with Crippen LogP contribution >= 0.6 is 0 Å². The van der Waals surface area contributed by atoms with Gasteiger partial charge in [0.1, 0.15) is 5.75 Å². The highest BCUT2D eigenvalue weighted by Gasteiger charge is 2.27. The van der Waals surface area contributed by atoms with Gasteiger partial charge in [-0.05, 0) is 49.8 Å². The van der Waals surface area contributed by atoms with Crippen molar-refractivity contribution < 1.29 is 4.74 Å². The van der Waals surface area contributed by atoms with Crippen LogP contribution in [0.3, 0.4) is 0 Å². The van der Waals surface area contributed by atoms with E-state index < -0.39 is 0 Å². The van der Waals surface area contributed by atoms with Crippen molar-refractivity contribution in [3.8, 4) is 5.75 Å². The molecular formula is C27H39N5O. The Kier molecular flexibility index (Phi) is 8.10. The molecule has 0 saturated carbocycles. The Bertz CT molecular complexity index is 902. The molecule has 6 heteroatoms. The minimum Gasteiger partial charge on any atom is -0.495 e. The molecule has 4 rings (SSSR count). The summed E-state index contributed by atoms with van der Waals surface area (Å²) in [5.74, 6) is 2.48. The summed E-state index contributed by atoms with van der Waals surface area (Å²) in [6, 6.07) is 20.1. The van der Waals surface area contributed by atoms with Gasteiger partial charge in [0.25, 0.3) is 0 Å². The number of hydrogen-bond acceptors (Lipinski definition) is 4. The second-order valence-electron chi connectivity index (χ2n) is 9.40. The molecule has 6 nitrogen and oxygen atoms in total. The number of aliphatic imine (C=N–C) groups is 1. The SMILES string of the molecule is CN=C(NCC1CCN(c2ccccc2OC)C1)NC1CCN(Cc2ccccc2)C(C)C1. The van der Waals surface area contributed by atoms with Crippen LogP contribution in [-0.4, -0.2) is 63.3 Å². The van der Waals surface area contributed by atoms with Crippen molar-refractivity contribution in [3.63, 3.8) is 0 Å². The number of para-hydroxylation sites is 2. The number of hydrogen-bond donors (Lipinski definition) is 2. The number of guanidine groups is 1. The van der Waals surface area contributed by atoms with Gasteiger partial charge in [0.05, 0.1) is 12.8 Å². The Morgan fingerprint density at radius 1 is 1.06 bits per heavy atom. The fourth-order valence-corrected chi connectivity index (χ4v) is 5.14. The standard InChI is InChI=1S/C27H39N5O/c1-21-17-24(14-16-31(21)19-22-9-5-4-6-10-22)30-27(28-2)29-18-23-13-15-32(20-23)25-11-7-8-12-26(25)33-3/h4-12,21,23-24H,13-20H2,1-3H3,(H2,28,29,30). The minimum absolute atomic E-state index is 0.465. The highest BCUT2D eigenvalue weighted by Crippen LogP contribution is 2.31. The second kappa shape index (κ2) is 11.4. The van der Waals surface area contributed by atoms with Crippen LogP contribution in [0.25, 0.3) is 0 Å². The molecule has 0 radical (unpaired) electrons. The summed E-state index contributed by atoms with van der Waals surface area (Å²) in [6.07, 6.45) is 3.46. The summed E-state index contributed by atoms with van der Waals surface area (Å²) in [4.78, 5) is 9.53. The molecule has 3 unspecified atom stereocenters. The fourth-order valence-electron chi connectivity index (χ4n) is 5.14. The first-order valence-corrected chi connectivity index (χ1v) is 12.3. The highest BCUT2D eigenvalue weighted by atomic mass is 16.5. The fraction of sp³-hybridized carbons (Fsp3) is 0.519. The zero-order valence-electron chi connectivity index (χ0n) is 20.3. The molecular weight excluding hydrogens is 410 g/mol. The monoisotopic (exact) mass is 449 g/mol. The van der Waals surface area contributed by atoms with Crippen molar-refractivity contribution in [2.45, 2.75) is 44.8 Å². The first-order valence-electron chi connectivity index (χ1n) is 12.3. The average Bonchev–Trinajstić information content (AvgIpc) is 3.33. The first-order chi connectivity index (χ1) is 16.2. The zero-order valence-corrected chi connectivity index (χ0v) is 20.3. The van der Waals surface area contributed by atoms with E-state index in [1.807, 2.05) is 19.2 Å².